The van der Waals surface area contributed by atoms with E-state index in [-0.39, 0.29) is 23.6 Å². The number of rotatable bonds is 3. The van der Waals surface area contributed by atoms with Crippen molar-refractivity contribution in [2.24, 2.45) is 0 Å². The number of piperazine rings is 1. The zero-order valence-electron chi connectivity index (χ0n) is 16.1. The summed E-state index contributed by atoms with van der Waals surface area (Å²) in [6.07, 6.45) is 1.89. The molecule has 2 N–H and O–H groups in total. The van der Waals surface area contributed by atoms with Crippen LogP contribution in [-0.4, -0.2) is 65.0 Å². The first-order valence-electron chi connectivity index (χ1n) is 9.60. The zero-order chi connectivity index (χ0) is 20.5. The quantitative estimate of drug-likeness (QED) is 0.795. The van der Waals surface area contributed by atoms with Crippen LogP contribution in [0.15, 0.2) is 23.0 Å². The van der Waals surface area contributed by atoms with E-state index in [2.05, 4.69) is 15.5 Å². The Kier molecular flexibility index (Phi) is 5.04. The van der Waals surface area contributed by atoms with Crippen LogP contribution in [0.25, 0.3) is 0 Å². The second-order valence-electron chi connectivity index (χ2n) is 7.42. The molecule has 4 rings (SSSR count). The Balaban J connectivity index is 1.60. The van der Waals surface area contributed by atoms with E-state index in [1.54, 1.807) is 18.0 Å². The minimum Gasteiger partial charge on any atom is -0.383 e. The lowest BCUT2D eigenvalue weighted by molar-refractivity contribution is -0.133. The molecule has 8 nitrogen and oxygen atoms in total. The van der Waals surface area contributed by atoms with Crippen LogP contribution >= 0.6 is 0 Å². The van der Waals surface area contributed by atoms with Gasteiger partial charge in [0.2, 0.25) is 5.91 Å². The van der Waals surface area contributed by atoms with Crippen LogP contribution < -0.4 is 10.9 Å². The van der Waals surface area contributed by atoms with Crippen LogP contribution in [0, 0.1) is 5.82 Å². The number of benzene rings is 1. The Morgan fingerprint density at radius 3 is 2.90 bits per heavy atom. The van der Waals surface area contributed by atoms with Crippen molar-refractivity contribution in [3.05, 3.63) is 56.8 Å². The summed E-state index contributed by atoms with van der Waals surface area (Å²) in [6, 6.07) is 4.36. The van der Waals surface area contributed by atoms with Crippen molar-refractivity contribution in [1.82, 2.24) is 20.0 Å². The van der Waals surface area contributed by atoms with Crippen molar-refractivity contribution in [3.63, 3.8) is 0 Å². The molecule has 0 unspecified atom stereocenters. The van der Waals surface area contributed by atoms with Gasteiger partial charge in [0.15, 0.2) is 0 Å². The average Bonchev–Trinajstić information content (AvgIpc) is 2.73. The number of hydrogen-bond donors (Lipinski definition) is 2. The molecule has 0 aliphatic carbocycles. The molecule has 9 heteroatoms. The summed E-state index contributed by atoms with van der Waals surface area (Å²) >= 11 is 0. The Hall–Kier alpha value is -3.23. The molecule has 1 aromatic carbocycles. The van der Waals surface area contributed by atoms with Crippen molar-refractivity contribution in [1.29, 1.82) is 0 Å². The maximum absolute atomic E-state index is 14.4. The van der Waals surface area contributed by atoms with Crippen molar-refractivity contribution >= 4 is 17.5 Å². The van der Waals surface area contributed by atoms with Crippen molar-refractivity contribution in [3.8, 4) is 0 Å². The molecule has 1 aromatic heterocycles. The predicted octanol–water partition coefficient (Wildman–Crippen LogP) is 0.772. The highest BCUT2D eigenvalue weighted by atomic mass is 19.1. The van der Waals surface area contributed by atoms with Gasteiger partial charge in [-0.3, -0.25) is 14.4 Å². The summed E-state index contributed by atoms with van der Waals surface area (Å²) in [4.78, 5) is 39.6. The van der Waals surface area contributed by atoms with Crippen LogP contribution in [0.4, 0.5) is 10.1 Å². The van der Waals surface area contributed by atoms with Gasteiger partial charge in [-0.1, -0.05) is 6.07 Å². The van der Waals surface area contributed by atoms with E-state index < -0.39 is 11.7 Å². The molecule has 2 aliphatic rings. The lowest BCUT2D eigenvalue weighted by atomic mass is 9.99. The van der Waals surface area contributed by atoms with Gasteiger partial charge in [-0.15, -0.1) is 0 Å². The number of aromatic amines is 1. The highest BCUT2D eigenvalue weighted by Crippen LogP contribution is 2.24. The third-order valence-electron chi connectivity index (χ3n) is 5.44. The van der Waals surface area contributed by atoms with E-state index in [0.29, 0.717) is 42.8 Å². The van der Waals surface area contributed by atoms with Crippen molar-refractivity contribution < 1.29 is 14.0 Å². The SMILES string of the molecule is CN1CCN(C(=O)c2cc(Cc3n[nH]c(=O)c4c3NCCC4)ccc2F)CC1=O. The van der Waals surface area contributed by atoms with Gasteiger partial charge in [-0.2, -0.15) is 5.10 Å². The number of fused-ring (bicyclic) bond motifs is 1. The molecule has 0 bridgehead atoms. The molecule has 29 heavy (non-hydrogen) atoms. The molecular formula is C20H22FN5O3. The lowest BCUT2D eigenvalue weighted by Crippen LogP contribution is -2.50. The second-order valence-corrected chi connectivity index (χ2v) is 7.42. The third-order valence-corrected chi connectivity index (χ3v) is 5.44. The van der Waals surface area contributed by atoms with Crippen LogP contribution in [0.3, 0.4) is 0 Å². The fourth-order valence-corrected chi connectivity index (χ4v) is 3.72. The first kappa shape index (κ1) is 19.1. The van der Waals surface area contributed by atoms with Crippen molar-refractivity contribution in [2.75, 3.05) is 38.5 Å². The molecule has 0 radical (unpaired) electrons. The predicted molar refractivity (Wildman–Crippen MR) is 104 cm³/mol. The Morgan fingerprint density at radius 2 is 2.10 bits per heavy atom. The Morgan fingerprint density at radius 1 is 1.28 bits per heavy atom. The molecule has 2 amide bonds. The standard InChI is InChI=1S/C20H22FN5O3/c1-25-7-8-26(11-17(25)27)20(29)14-9-12(4-5-15(14)21)10-16-18-13(3-2-6-22-18)19(28)24-23-16/h4-5,9,22H,2-3,6-8,10-11H2,1H3,(H,24,28). The van der Waals surface area contributed by atoms with Gasteiger partial charge in [-0.05, 0) is 30.5 Å². The van der Waals surface area contributed by atoms with E-state index in [1.807, 2.05) is 0 Å². The number of carbonyl (C=O) groups is 2. The summed E-state index contributed by atoms with van der Waals surface area (Å²) in [5, 5.41) is 9.90. The number of amides is 2. The summed E-state index contributed by atoms with van der Waals surface area (Å²) in [5.41, 5.74) is 2.48. The van der Waals surface area contributed by atoms with Crippen LogP contribution in [-0.2, 0) is 17.6 Å². The number of anilines is 1. The van der Waals surface area contributed by atoms with Gasteiger partial charge in [0, 0.05) is 38.7 Å². The number of nitrogens with zero attached hydrogens (tertiary/aromatic N) is 3. The fourth-order valence-electron chi connectivity index (χ4n) is 3.72. The fraction of sp³-hybridized carbons (Fsp3) is 0.400. The monoisotopic (exact) mass is 399 g/mol. The van der Waals surface area contributed by atoms with Gasteiger partial charge < -0.3 is 15.1 Å². The minimum absolute atomic E-state index is 0.0576. The van der Waals surface area contributed by atoms with E-state index >= 15 is 0 Å². The first-order chi connectivity index (χ1) is 13.9. The van der Waals surface area contributed by atoms with Gasteiger partial charge in [0.05, 0.1) is 16.9 Å². The van der Waals surface area contributed by atoms with E-state index in [9.17, 15) is 18.8 Å². The van der Waals surface area contributed by atoms with Crippen LogP contribution in [0.1, 0.15) is 33.6 Å². The zero-order valence-corrected chi connectivity index (χ0v) is 16.1. The third kappa shape index (κ3) is 3.72. The van der Waals surface area contributed by atoms with Gasteiger partial charge in [0.1, 0.15) is 12.4 Å². The highest BCUT2D eigenvalue weighted by molar-refractivity contribution is 5.97. The smallest absolute Gasteiger partial charge is 0.269 e. The molecule has 1 fully saturated rings. The van der Waals surface area contributed by atoms with Crippen LogP contribution in [0.2, 0.25) is 0 Å². The molecule has 3 heterocycles. The van der Waals surface area contributed by atoms with E-state index in [0.717, 1.165) is 18.7 Å². The second kappa shape index (κ2) is 7.65. The number of aromatic nitrogens is 2. The summed E-state index contributed by atoms with van der Waals surface area (Å²) in [5.74, 6) is -1.30. The number of hydrogen-bond acceptors (Lipinski definition) is 5. The number of nitrogens with one attached hydrogen (secondary N) is 2. The molecule has 2 aromatic rings. The first-order valence-corrected chi connectivity index (χ1v) is 9.60. The summed E-state index contributed by atoms with van der Waals surface area (Å²) in [6.45, 7) is 1.49. The maximum atomic E-state index is 14.4. The summed E-state index contributed by atoms with van der Waals surface area (Å²) < 4.78 is 14.4. The van der Waals surface area contributed by atoms with Gasteiger partial charge in [0.25, 0.3) is 11.5 Å². The number of carbonyl (C=O) groups excluding carboxylic acids is 2. The molecule has 0 spiro atoms. The number of halogens is 1. The largest absolute Gasteiger partial charge is 0.383 e. The molecular weight excluding hydrogens is 377 g/mol. The van der Waals surface area contributed by atoms with Crippen LogP contribution in [0.5, 0.6) is 0 Å². The topological polar surface area (TPSA) is 98.4 Å². The lowest BCUT2D eigenvalue weighted by Gasteiger charge is -2.32. The van der Waals surface area contributed by atoms with Crippen molar-refractivity contribution in [2.45, 2.75) is 19.3 Å². The van der Waals surface area contributed by atoms with Gasteiger partial charge in [-0.25, -0.2) is 9.49 Å². The Labute approximate surface area is 166 Å². The van der Waals surface area contributed by atoms with E-state index in [4.69, 9.17) is 0 Å². The summed E-state index contributed by atoms with van der Waals surface area (Å²) in [7, 11) is 1.68. The molecule has 152 valence electrons. The number of H-pyrrole nitrogens is 1. The van der Waals surface area contributed by atoms with Gasteiger partial charge >= 0.3 is 0 Å². The normalized spacial score (nSPS) is 16.4. The Bertz CT molecular complexity index is 1040. The minimum atomic E-state index is -0.625. The maximum Gasteiger partial charge on any atom is 0.269 e. The highest BCUT2D eigenvalue weighted by Gasteiger charge is 2.27. The van der Waals surface area contributed by atoms with E-state index in [1.165, 1.54) is 17.0 Å². The molecule has 2 aliphatic heterocycles. The molecule has 0 saturated carbocycles. The number of likely N-dealkylation sites (N-methyl/N-ethyl adjacent to an activating group) is 1. The average molecular weight is 399 g/mol. The molecule has 1 saturated heterocycles. The molecule has 0 atom stereocenters.